The zero-order valence-corrected chi connectivity index (χ0v) is 10.5. The number of carbonyl (C=O) groups excluding carboxylic acids is 1. The number of hydrogen-bond donors (Lipinski definition) is 0. The zero-order valence-electron chi connectivity index (χ0n) is 9.76. The van der Waals surface area contributed by atoms with Gasteiger partial charge in [-0.25, -0.2) is 0 Å². The number of nitrogens with zero attached hydrogens (tertiary/aromatic N) is 2. The largest absolute Gasteiger partial charge is 0.342 e. The lowest BCUT2D eigenvalue weighted by Crippen LogP contribution is -2.29. The van der Waals surface area contributed by atoms with Crippen LogP contribution in [0.4, 0.5) is 5.69 Å². The summed E-state index contributed by atoms with van der Waals surface area (Å²) in [5, 5.41) is 11.3. The molecule has 6 heteroatoms. The lowest BCUT2D eigenvalue weighted by atomic mass is 10.1. The lowest BCUT2D eigenvalue weighted by Gasteiger charge is -2.15. The van der Waals surface area contributed by atoms with E-state index < -0.39 is 4.92 Å². The van der Waals surface area contributed by atoms with Gasteiger partial charge in [0.1, 0.15) is 0 Å². The van der Waals surface area contributed by atoms with Crippen LogP contribution in [0.3, 0.4) is 0 Å². The standard InChI is InChI=1S/C12H13ClN2O3/c13-10-3-4-11(15(17)18)9(7-10)8-12(16)14-5-1-2-6-14/h3-4,7H,1-2,5-6,8H2. The Morgan fingerprint density at radius 3 is 2.67 bits per heavy atom. The number of nitro benzene ring substituents is 1. The third-order valence-electron chi connectivity index (χ3n) is 3.04. The summed E-state index contributed by atoms with van der Waals surface area (Å²) in [6.07, 6.45) is 2.05. The van der Waals surface area contributed by atoms with Gasteiger partial charge in [-0.05, 0) is 25.0 Å². The smallest absolute Gasteiger partial charge is 0.273 e. The van der Waals surface area contributed by atoms with Gasteiger partial charge >= 0.3 is 0 Å². The first-order valence-corrected chi connectivity index (χ1v) is 6.16. The van der Waals surface area contributed by atoms with E-state index >= 15 is 0 Å². The number of hydrogen-bond acceptors (Lipinski definition) is 3. The molecule has 0 atom stereocenters. The maximum Gasteiger partial charge on any atom is 0.273 e. The van der Waals surface area contributed by atoms with Crippen molar-refractivity contribution >= 4 is 23.2 Å². The molecule has 1 fully saturated rings. The highest BCUT2D eigenvalue weighted by Gasteiger charge is 2.22. The maximum absolute atomic E-state index is 12.0. The second-order valence-corrected chi connectivity index (χ2v) is 4.73. The molecule has 0 saturated carbocycles. The Balaban J connectivity index is 2.19. The van der Waals surface area contributed by atoms with Gasteiger partial charge in [-0.3, -0.25) is 14.9 Å². The molecule has 0 spiro atoms. The van der Waals surface area contributed by atoms with E-state index in [-0.39, 0.29) is 18.0 Å². The Morgan fingerprint density at radius 2 is 2.06 bits per heavy atom. The van der Waals surface area contributed by atoms with Gasteiger partial charge in [-0.2, -0.15) is 0 Å². The van der Waals surface area contributed by atoms with E-state index in [0.717, 1.165) is 25.9 Å². The number of carbonyl (C=O) groups is 1. The summed E-state index contributed by atoms with van der Waals surface area (Å²) in [5.41, 5.74) is 0.330. The SMILES string of the molecule is O=C(Cc1cc(Cl)ccc1[N+](=O)[O-])N1CCCC1. The highest BCUT2D eigenvalue weighted by atomic mass is 35.5. The molecule has 0 aliphatic carbocycles. The third kappa shape index (κ3) is 2.79. The molecule has 1 aliphatic rings. The molecule has 0 unspecified atom stereocenters. The van der Waals surface area contributed by atoms with Crippen LogP contribution in [0.25, 0.3) is 0 Å². The second kappa shape index (κ2) is 5.35. The first-order chi connectivity index (χ1) is 8.58. The predicted molar refractivity (Wildman–Crippen MR) is 67.6 cm³/mol. The summed E-state index contributed by atoms with van der Waals surface area (Å²) in [5.74, 6) is -0.0714. The molecule has 1 amide bonds. The Bertz CT molecular complexity index is 484. The zero-order chi connectivity index (χ0) is 13.1. The van der Waals surface area contributed by atoms with Crippen LogP contribution < -0.4 is 0 Å². The molecule has 96 valence electrons. The Morgan fingerprint density at radius 1 is 1.39 bits per heavy atom. The number of likely N-dealkylation sites (tertiary alicyclic amines) is 1. The van der Waals surface area contributed by atoms with Crippen molar-refractivity contribution in [2.24, 2.45) is 0 Å². The quantitative estimate of drug-likeness (QED) is 0.625. The topological polar surface area (TPSA) is 63.4 Å². The number of halogens is 1. The van der Waals surface area contributed by atoms with E-state index in [0.29, 0.717) is 10.6 Å². The van der Waals surface area contributed by atoms with Crippen molar-refractivity contribution in [2.45, 2.75) is 19.3 Å². The molecule has 1 aromatic rings. The van der Waals surface area contributed by atoms with E-state index in [4.69, 9.17) is 11.6 Å². The van der Waals surface area contributed by atoms with Gasteiger partial charge in [-0.15, -0.1) is 0 Å². The van der Waals surface area contributed by atoms with Gasteiger partial charge in [0.25, 0.3) is 5.69 Å². The third-order valence-corrected chi connectivity index (χ3v) is 3.27. The van der Waals surface area contributed by atoms with Crippen molar-refractivity contribution in [1.29, 1.82) is 0 Å². The summed E-state index contributed by atoms with van der Waals surface area (Å²) in [6, 6.07) is 4.30. The fourth-order valence-corrected chi connectivity index (χ4v) is 2.31. The summed E-state index contributed by atoms with van der Waals surface area (Å²) in [7, 11) is 0. The molecular weight excluding hydrogens is 256 g/mol. The van der Waals surface area contributed by atoms with Crippen LogP contribution >= 0.6 is 11.6 Å². The number of amides is 1. The molecule has 0 aromatic heterocycles. The van der Waals surface area contributed by atoms with Crippen LogP contribution in [0, 0.1) is 10.1 Å². The van der Waals surface area contributed by atoms with Gasteiger partial charge in [0.05, 0.1) is 11.3 Å². The van der Waals surface area contributed by atoms with Gasteiger partial charge < -0.3 is 4.90 Å². The summed E-state index contributed by atoms with van der Waals surface area (Å²) >= 11 is 5.82. The van der Waals surface area contributed by atoms with Crippen LogP contribution in [-0.4, -0.2) is 28.8 Å². The first-order valence-electron chi connectivity index (χ1n) is 5.78. The van der Waals surface area contributed by atoms with E-state index in [1.807, 2.05) is 0 Å². The van der Waals surface area contributed by atoms with E-state index in [9.17, 15) is 14.9 Å². The fraction of sp³-hybridized carbons (Fsp3) is 0.417. The Labute approximate surface area is 109 Å². The first kappa shape index (κ1) is 12.8. The van der Waals surface area contributed by atoms with Crippen molar-refractivity contribution in [1.82, 2.24) is 4.90 Å². The van der Waals surface area contributed by atoms with Crippen molar-refractivity contribution in [2.75, 3.05) is 13.1 Å². The van der Waals surface area contributed by atoms with Crippen molar-refractivity contribution in [3.05, 3.63) is 38.9 Å². The van der Waals surface area contributed by atoms with Gasteiger partial charge in [0.2, 0.25) is 5.91 Å². The van der Waals surface area contributed by atoms with E-state index in [2.05, 4.69) is 0 Å². The highest BCUT2D eigenvalue weighted by Crippen LogP contribution is 2.24. The fourth-order valence-electron chi connectivity index (χ4n) is 2.12. The average molecular weight is 269 g/mol. The minimum absolute atomic E-state index is 0.0386. The van der Waals surface area contributed by atoms with Crippen molar-refractivity contribution in [3.63, 3.8) is 0 Å². The Hall–Kier alpha value is -1.62. The monoisotopic (exact) mass is 268 g/mol. The van der Waals surface area contributed by atoms with Crippen LogP contribution in [0.15, 0.2) is 18.2 Å². The van der Waals surface area contributed by atoms with Crippen molar-refractivity contribution in [3.8, 4) is 0 Å². The molecule has 2 rings (SSSR count). The average Bonchev–Trinajstić information content (AvgIpc) is 2.81. The molecule has 0 N–H and O–H groups in total. The molecule has 1 heterocycles. The summed E-state index contributed by atoms with van der Waals surface area (Å²) in [6.45, 7) is 1.49. The summed E-state index contributed by atoms with van der Waals surface area (Å²) < 4.78 is 0. The minimum Gasteiger partial charge on any atom is -0.342 e. The molecule has 1 saturated heterocycles. The van der Waals surface area contributed by atoms with Crippen LogP contribution in [0.5, 0.6) is 0 Å². The number of benzene rings is 1. The summed E-state index contributed by atoms with van der Waals surface area (Å²) in [4.78, 5) is 24.1. The van der Waals surface area contributed by atoms with Crippen LogP contribution in [0.2, 0.25) is 5.02 Å². The van der Waals surface area contributed by atoms with Crippen LogP contribution in [-0.2, 0) is 11.2 Å². The molecule has 0 radical (unpaired) electrons. The lowest BCUT2D eigenvalue weighted by molar-refractivity contribution is -0.385. The maximum atomic E-state index is 12.0. The molecule has 5 nitrogen and oxygen atoms in total. The normalized spacial score (nSPS) is 14.8. The van der Waals surface area contributed by atoms with E-state index in [1.54, 1.807) is 4.90 Å². The van der Waals surface area contributed by atoms with Gasteiger partial charge in [-0.1, -0.05) is 11.6 Å². The van der Waals surface area contributed by atoms with Crippen LogP contribution in [0.1, 0.15) is 18.4 Å². The van der Waals surface area contributed by atoms with Crippen molar-refractivity contribution < 1.29 is 9.72 Å². The molecule has 1 aliphatic heterocycles. The van der Waals surface area contributed by atoms with E-state index in [1.165, 1.54) is 18.2 Å². The molecule has 18 heavy (non-hydrogen) atoms. The highest BCUT2D eigenvalue weighted by molar-refractivity contribution is 6.30. The molecule has 1 aromatic carbocycles. The number of nitro groups is 1. The van der Waals surface area contributed by atoms with Gasteiger partial charge in [0, 0.05) is 29.7 Å². The molecular formula is C12H13ClN2O3. The Kier molecular flexibility index (Phi) is 3.81. The van der Waals surface area contributed by atoms with Gasteiger partial charge in [0.15, 0.2) is 0 Å². The predicted octanol–water partition coefficient (Wildman–Crippen LogP) is 2.41. The number of rotatable bonds is 3. The molecule has 0 bridgehead atoms. The second-order valence-electron chi connectivity index (χ2n) is 4.29. The minimum atomic E-state index is -0.483.